The molecule has 2 N–H and O–H groups in total. The summed E-state index contributed by atoms with van der Waals surface area (Å²) in [5, 5.41) is 12.4. The van der Waals surface area contributed by atoms with E-state index in [0.29, 0.717) is 70.0 Å². The van der Waals surface area contributed by atoms with E-state index in [4.69, 9.17) is 25.2 Å². The number of hydrogen-bond donors (Lipinski definition) is 1. The van der Waals surface area contributed by atoms with Crippen LogP contribution >= 0.6 is 0 Å². The van der Waals surface area contributed by atoms with Crippen molar-refractivity contribution in [3.05, 3.63) is 57.4 Å². The molecule has 2 aromatic rings. The van der Waals surface area contributed by atoms with Crippen molar-refractivity contribution in [2.24, 2.45) is 17.6 Å². The largest absolute Gasteiger partial charge is 0.381 e. The maximum Gasteiger partial charge on any atom is 0.311 e. The smallest absolute Gasteiger partial charge is 0.311 e. The first-order valence-corrected chi connectivity index (χ1v) is 16.1. The second-order valence-corrected chi connectivity index (χ2v) is 13.0. The summed E-state index contributed by atoms with van der Waals surface area (Å²) in [4.78, 5) is 39.4. The van der Waals surface area contributed by atoms with Gasteiger partial charge in [-0.25, -0.2) is 9.97 Å². The van der Waals surface area contributed by atoms with E-state index in [0.717, 1.165) is 60.4 Å². The molecule has 4 aliphatic rings. The molecule has 6 rings (SSSR count). The summed E-state index contributed by atoms with van der Waals surface area (Å²) in [7, 11) is 0. The van der Waals surface area contributed by atoms with Crippen molar-refractivity contribution < 1.29 is 19.2 Å². The van der Waals surface area contributed by atoms with Gasteiger partial charge in [0, 0.05) is 49.5 Å². The number of hydrogen-bond acceptors (Lipinski definition) is 9. The number of rotatable bonds is 7. The second kappa shape index (κ2) is 13.2. The van der Waals surface area contributed by atoms with Crippen LogP contribution in [0.5, 0.6) is 0 Å². The lowest BCUT2D eigenvalue weighted by Gasteiger charge is -2.43. The van der Waals surface area contributed by atoms with Gasteiger partial charge in [0.2, 0.25) is 11.7 Å². The van der Waals surface area contributed by atoms with E-state index < -0.39 is 6.04 Å². The van der Waals surface area contributed by atoms with Crippen LogP contribution in [0.2, 0.25) is 0 Å². The van der Waals surface area contributed by atoms with Gasteiger partial charge in [-0.2, -0.15) is 0 Å². The normalized spacial score (nSPS) is 26.7. The van der Waals surface area contributed by atoms with Gasteiger partial charge in [-0.1, -0.05) is 26.0 Å². The number of ether oxygens (including phenoxy) is 2. The lowest BCUT2D eigenvalue weighted by molar-refractivity contribution is -0.384. The molecule has 44 heavy (non-hydrogen) atoms. The molecule has 6 heterocycles. The molecule has 4 aliphatic heterocycles. The molecule has 3 fully saturated rings. The Kier molecular flexibility index (Phi) is 9.13. The third-order valence-electron chi connectivity index (χ3n) is 9.87. The molecule has 2 aromatic heterocycles. The Morgan fingerprint density at radius 1 is 0.932 bits per heavy atom. The predicted molar refractivity (Wildman–Crippen MR) is 169 cm³/mol. The highest BCUT2D eigenvalue weighted by Crippen LogP contribution is 2.45. The van der Waals surface area contributed by atoms with Crippen LogP contribution in [0.25, 0.3) is 5.57 Å². The molecule has 3 saturated heterocycles. The minimum Gasteiger partial charge on any atom is -0.381 e. The van der Waals surface area contributed by atoms with Crippen molar-refractivity contribution >= 4 is 28.8 Å². The number of aromatic nitrogens is 2. The minimum absolute atomic E-state index is 0.00360. The topological polar surface area (TPSA) is 137 Å². The van der Waals surface area contributed by atoms with E-state index in [9.17, 15) is 14.9 Å². The van der Waals surface area contributed by atoms with Gasteiger partial charge >= 0.3 is 5.69 Å². The van der Waals surface area contributed by atoms with Crippen LogP contribution in [0.4, 0.5) is 17.3 Å². The number of nitro groups is 1. The molecule has 0 aliphatic carbocycles. The first-order valence-electron chi connectivity index (χ1n) is 16.1. The van der Waals surface area contributed by atoms with E-state index in [1.165, 1.54) is 0 Å². The molecular formula is C33H44N6O5. The summed E-state index contributed by atoms with van der Waals surface area (Å²) in [5.74, 6) is 1.87. The van der Waals surface area contributed by atoms with E-state index >= 15 is 0 Å². The molecule has 0 saturated carbocycles. The number of piperidine rings is 2. The first-order chi connectivity index (χ1) is 21.3. The zero-order valence-electron chi connectivity index (χ0n) is 25.8. The number of carbonyl (C=O) groups is 1. The zero-order valence-corrected chi connectivity index (χ0v) is 25.8. The third kappa shape index (κ3) is 6.30. The quantitative estimate of drug-likeness (QED) is 0.336. The number of pyridine rings is 2. The SMILES string of the molecule is CC1CCN(c2nc(C3CCOCC3)ccc2C2CC(C)CCN2c2nc(C3=CCOCC3)ccc2[N+](=O)[O-])C(C(N)=O)C1. The fourth-order valence-electron chi connectivity index (χ4n) is 7.27. The van der Waals surface area contributed by atoms with Gasteiger partial charge in [0.15, 0.2) is 0 Å². The maximum atomic E-state index is 12.8. The van der Waals surface area contributed by atoms with Crippen molar-refractivity contribution in [3.63, 3.8) is 0 Å². The van der Waals surface area contributed by atoms with Crippen molar-refractivity contribution in [2.75, 3.05) is 49.3 Å². The number of nitrogens with two attached hydrogens (primary N) is 1. The van der Waals surface area contributed by atoms with Crippen molar-refractivity contribution in [3.8, 4) is 0 Å². The van der Waals surface area contributed by atoms with Gasteiger partial charge < -0.3 is 25.0 Å². The van der Waals surface area contributed by atoms with E-state index in [1.807, 2.05) is 6.08 Å². The highest BCUT2D eigenvalue weighted by molar-refractivity contribution is 5.84. The summed E-state index contributed by atoms with van der Waals surface area (Å²) in [6.07, 6.45) is 7.82. The number of anilines is 2. The molecule has 0 spiro atoms. The Morgan fingerprint density at radius 2 is 1.68 bits per heavy atom. The standard InChI is InChI=1S/C33H44N6O5/c1-21-7-13-37(33-28(39(41)42)6-5-27(36-33)24-11-17-44-18-12-24)29(19-21)25-3-4-26(23-9-15-43-16-10-23)35-32(25)38-14-8-22(2)20-30(38)31(34)40/h3-6,11,21-23,29-30H,7-10,12-20H2,1-2H3,(H2,34,40). The van der Waals surface area contributed by atoms with Crippen LogP contribution in [-0.4, -0.2) is 66.4 Å². The second-order valence-electron chi connectivity index (χ2n) is 13.0. The predicted octanol–water partition coefficient (Wildman–Crippen LogP) is 5.15. The van der Waals surface area contributed by atoms with Crippen LogP contribution in [0, 0.1) is 22.0 Å². The Labute approximate surface area is 259 Å². The highest BCUT2D eigenvalue weighted by atomic mass is 16.6. The molecule has 1 amide bonds. The molecule has 0 aromatic carbocycles. The third-order valence-corrected chi connectivity index (χ3v) is 9.87. The number of nitrogens with zero attached hydrogens (tertiary/aromatic N) is 5. The molecule has 236 valence electrons. The van der Waals surface area contributed by atoms with Crippen LogP contribution in [0.15, 0.2) is 30.3 Å². The molecule has 4 unspecified atom stereocenters. The molecular weight excluding hydrogens is 560 g/mol. The summed E-state index contributed by atoms with van der Waals surface area (Å²) < 4.78 is 11.1. The Bertz CT molecular complexity index is 1410. The van der Waals surface area contributed by atoms with Gasteiger partial charge in [-0.3, -0.25) is 14.9 Å². The minimum atomic E-state index is -0.458. The lowest BCUT2D eigenvalue weighted by Crippen LogP contribution is -2.51. The first kappa shape index (κ1) is 30.5. The maximum absolute atomic E-state index is 12.8. The highest BCUT2D eigenvalue weighted by Gasteiger charge is 2.39. The Hall–Kier alpha value is -3.57. The van der Waals surface area contributed by atoms with E-state index in [1.54, 1.807) is 12.1 Å². The van der Waals surface area contributed by atoms with Crippen LogP contribution < -0.4 is 15.5 Å². The van der Waals surface area contributed by atoms with Gasteiger partial charge in [0.25, 0.3) is 0 Å². The van der Waals surface area contributed by atoms with Crippen LogP contribution in [0.1, 0.15) is 87.7 Å². The van der Waals surface area contributed by atoms with Gasteiger partial charge in [0.05, 0.1) is 29.9 Å². The van der Waals surface area contributed by atoms with Crippen molar-refractivity contribution in [1.29, 1.82) is 0 Å². The number of primary amides is 1. The zero-order chi connectivity index (χ0) is 30.8. The Balaban J connectivity index is 1.47. The Morgan fingerprint density at radius 3 is 2.39 bits per heavy atom. The van der Waals surface area contributed by atoms with Crippen LogP contribution in [-0.2, 0) is 14.3 Å². The lowest BCUT2D eigenvalue weighted by atomic mass is 9.86. The van der Waals surface area contributed by atoms with Crippen LogP contribution in [0.3, 0.4) is 0 Å². The fourth-order valence-corrected chi connectivity index (χ4v) is 7.27. The summed E-state index contributed by atoms with van der Waals surface area (Å²) in [6.45, 7) is 8.23. The summed E-state index contributed by atoms with van der Waals surface area (Å²) in [5.41, 5.74) is 9.78. The molecule has 0 radical (unpaired) electrons. The van der Waals surface area contributed by atoms with E-state index in [-0.39, 0.29) is 28.5 Å². The number of carbonyl (C=O) groups excluding carboxylic acids is 1. The van der Waals surface area contributed by atoms with Gasteiger partial charge in [0.1, 0.15) is 11.9 Å². The molecule has 4 atom stereocenters. The summed E-state index contributed by atoms with van der Waals surface area (Å²) in [6, 6.07) is 6.94. The average molecular weight is 605 g/mol. The fraction of sp³-hybridized carbons (Fsp3) is 0.606. The van der Waals surface area contributed by atoms with Gasteiger partial charge in [-0.05, 0) is 74.5 Å². The van der Waals surface area contributed by atoms with Crippen molar-refractivity contribution in [2.45, 2.75) is 76.8 Å². The van der Waals surface area contributed by atoms with Crippen molar-refractivity contribution in [1.82, 2.24) is 9.97 Å². The van der Waals surface area contributed by atoms with E-state index in [2.05, 4.69) is 35.8 Å². The van der Waals surface area contributed by atoms with Gasteiger partial charge in [-0.15, -0.1) is 0 Å². The number of amides is 1. The monoisotopic (exact) mass is 604 g/mol. The summed E-state index contributed by atoms with van der Waals surface area (Å²) >= 11 is 0. The molecule has 11 nitrogen and oxygen atoms in total. The molecule has 0 bridgehead atoms. The average Bonchev–Trinajstić information content (AvgIpc) is 3.05. The molecule has 11 heteroatoms.